The van der Waals surface area contributed by atoms with Crippen molar-refractivity contribution < 1.29 is 4.39 Å². The predicted molar refractivity (Wildman–Crippen MR) is 78.5 cm³/mol. The van der Waals surface area contributed by atoms with Crippen LogP contribution in [0.25, 0.3) is 22.4 Å². The van der Waals surface area contributed by atoms with Crippen LogP contribution in [0.4, 0.5) is 4.39 Å². The normalized spacial score (nSPS) is 10.7. The Kier molecular flexibility index (Phi) is 3.03. The van der Waals surface area contributed by atoms with Crippen molar-refractivity contribution in [1.82, 2.24) is 9.55 Å². The van der Waals surface area contributed by atoms with Crippen molar-refractivity contribution in [2.24, 2.45) is 7.05 Å². The van der Waals surface area contributed by atoms with Gasteiger partial charge in [-0.1, -0.05) is 6.07 Å². The highest BCUT2D eigenvalue weighted by atomic mass is 79.9. The molecule has 0 radical (unpaired) electrons. The SMILES string of the molecule is Cn1c(-c2c(F)cccc2Br)nc2ccc(C#N)cc21. The molecule has 1 aromatic heterocycles. The van der Waals surface area contributed by atoms with E-state index in [4.69, 9.17) is 5.26 Å². The fraction of sp³-hybridized carbons (Fsp3) is 0.0667. The quantitative estimate of drug-likeness (QED) is 0.676. The van der Waals surface area contributed by atoms with Gasteiger partial charge in [0.2, 0.25) is 0 Å². The molecule has 3 aromatic rings. The Morgan fingerprint density at radius 1 is 1.30 bits per heavy atom. The van der Waals surface area contributed by atoms with Crippen LogP contribution in [0.5, 0.6) is 0 Å². The van der Waals surface area contributed by atoms with Crippen molar-refractivity contribution in [3.05, 3.63) is 52.3 Å². The van der Waals surface area contributed by atoms with E-state index in [1.54, 1.807) is 34.9 Å². The molecule has 20 heavy (non-hydrogen) atoms. The van der Waals surface area contributed by atoms with Crippen molar-refractivity contribution in [2.45, 2.75) is 0 Å². The minimum Gasteiger partial charge on any atom is -0.327 e. The largest absolute Gasteiger partial charge is 0.327 e. The smallest absolute Gasteiger partial charge is 0.144 e. The molecule has 2 aromatic carbocycles. The molecular formula is C15H9BrFN3. The number of hydrogen-bond acceptors (Lipinski definition) is 2. The average molecular weight is 330 g/mol. The summed E-state index contributed by atoms with van der Waals surface area (Å²) in [5, 5.41) is 8.95. The maximum atomic E-state index is 14.1. The van der Waals surface area contributed by atoms with E-state index in [0.29, 0.717) is 21.4 Å². The van der Waals surface area contributed by atoms with Crippen LogP contribution in [0.2, 0.25) is 0 Å². The van der Waals surface area contributed by atoms with Crippen LogP contribution in [0.1, 0.15) is 5.56 Å². The van der Waals surface area contributed by atoms with Crippen LogP contribution < -0.4 is 0 Å². The second-order valence-electron chi connectivity index (χ2n) is 4.41. The Morgan fingerprint density at radius 2 is 2.10 bits per heavy atom. The van der Waals surface area contributed by atoms with E-state index in [9.17, 15) is 4.39 Å². The van der Waals surface area contributed by atoms with E-state index in [1.165, 1.54) is 6.07 Å². The Bertz CT molecular complexity index is 841. The van der Waals surface area contributed by atoms with Gasteiger partial charge in [-0.05, 0) is 46.3 Å². The molecule has 0 spiro atoms. The van der Waals surface area contributed by atoms with Crippen LogP contribution in [-0.4, -0.2) is 9.55 Å². The molecule has 98 valence electrons. The first-order chi connectivity index (χ1) is 9.61. The zero-order valence-electron chi connectivity index (χ0n) is 10.6. The highest BCUT2D eigenvalue weighted by Gasteiger charge is 2.16. The van der Waals surface area contributed by atoms with Crippen LogP contribution in [0, 0.1) is 17.1 Å². The second kappa shape index (κ2) is 4.73. The molecule has 0 unspecified atom stereocenters. The molecule has 1 heterocycles. The Hall–Kier alpha value is -2.19. The minimum absolute atomic E-state index is 0.335. The molecule has 0 bridgehead atoms. The van der Waals surface area contributed by atoms with E-state index in [0.717, 1.165) is 11.0 Å². The van der Waals surface area contributed by atoms with Gasteiger partial charge in [0.15, 0.2) is 0 Å². The number of aryl methyl sites for hydroxylation is 1. The summed E-state index contributed by atoms with van der Waals surface area (Å²) in [4.78, 5) is 4.46. The third kappa shape index (κ3) is 1.89. The van der Waals surface area contributed by atoms with Crippen molar-refractivity contribution in [2.75, 3.05) is 0 Å². The molecule has 0 amide bonds. The lowest BCUT2D eigenvalue weighted by atomic mass is 10.2. The van der Waals surface area contributed by atoms with Gasteiger partial charge in [-0.25, -0.2) is 9.37 Å². The van der Waals surface area contributed by atoms with E-state index in [1.807, 2.05) is 7.05 Å². The zero-order chi connectivity index (χ0) is 14.3. The predicted octanol–water partition coefficient (Wildman–Crippen LogP) is 4.01. The molecule has 5 heteroatoms. The molecule has 0 fully saturated rings. The van der Waals surface area contributed by atoms with Gasteiger partial charge in [0.05, 0.1) is 28.2 Å². The van der Waals surface area contributed by atoms with Gasteiger partial charge in [-0.2, -0.15) is 5.26 Å². The molecule has 0 saturated carbocycles. The van der Waals surface area contributed by atoms with E-state index < -0.39 is 0 Å². The minimum atomic E-state index is -0.335. The number of halogens is 2. The molecule has 0 atom stereocenters. The van der Waals surface area contributed by atoms with Crippen LogP contribution >= 0.6 is 15.9 Å². The summed E-state index contributed by atoms with van der Waals surface area (Å²) in [6.07, 6.45) is 0. The van der Waals surface area contributed by atoms with Gasteiger partial charge >= 0.3 is 0 Å². The van der Waals surface area contributed by atoms with Crippen molar-refractivity contribution in [1.29, 1.82) is 5.26 Å². The summed E-state index contributed by atoms with van der Waals surface area (Å²) in [6, 6.07) is 12.1. The highest BCUT2D eigenvalue weighted by molar-refractivity contribution is 9.10. The van der Waals surface area contributed by atoms with Crippen LogP contribution in [0.15, 0.2) is 40.9 Å². The molecule has 0 saturated heterocycles. The lowest BCUT2D eigenvalue weighted by Crippen LogP contribution is -1.96. The fourth-order valence-electron chi connectivity index (χ4n) is 2.19. The van der Waals surface area contributed by atoms with Crippen LogP contribution in [-0.2, 0) is 7.05 Å². The fourth-order valence-corrected chi connectivity index (χ4v) is 2.71. The Morgan fingerprint density at radius 3 is 2.80 bits per heavy atom. The summed E-state index contributed by atoms with van der Waals surface area (Å²) in [5.41, 5.74) is 2.51. The Balaban J connectivity index is 2.33. The first kappa shape index (κ1) is 12.8. The topological polar surface area (TPSA) is 41.6 Å². The van der Waals surface area contributed by atoms with E-state index in [-0.39, 0.29) is 5.82 Å². The van der Waals surface area contributed by atoms with Crippen molar-refractivity contribution >= 4 is 27.0 Å². The third-order valence-electron chi connectivity index (χ3n) is 3.20. The van der Waals surface area contributed by atoms with Gasteiger partial charge in [-0.15, -0.1) is 0 Å². The summed E-state index contributed by atoms with van der Waals surface area (Å²) in [5.74, 6) is 0.193. The third-order valence-corrected chi connectivity index (χ3v) is 3.86. The van der Waals surface area contributed by atoms with Gasteiger partial charge in [0.1, 0.15) is 11.6 Å². The van der Waals surface area contributed by atoms with E-state index in [2.05, 4.69) is 27.0 Å². The molecule has 3 rings (SSSR count). The number of hydrogen-bond donors (Lipinski definition) is 0. The van der Waals surface area contributed by atoms with Crippen molar-refractivity contribution in [3.63, 3.8) is 0 Å². The maximum absolute atomic E-state index is 14.1. The summed E-state index contributed by atoms with van der Waals surface area (Å²) in [6.45, 7) is 0. The number of nitriles is 1. The summed E-state index contributed by atoms with van der Waals surface area (Å²) in [7, 11) is 1.81. The summed E-state index contributed by atoms with van der Waals surface area (Å²) < 4.78 is 16.5. The number of aromatic nitrogens is 2. The molecule has 0 N–H and O–H groups in total. The van der Waals surface area contributed by atoms with Gasteiger partial charge in [-0.3, -0.25) is 0 Å². The molecule has 0 aliphatic rings. The molecule has 0 aliphatic carbocycles. The van der Waals surface area contributed by atoms with E-state index >= 15 is 0 Å². The second-order valence-corrected chi connectivity index (χ2v) is 5.26. The maximum Gasteiger partial charge on any atom is 0.144 e. The summed E-state index contributed by atoms with van der Waals surface area (Å²) >= 11 is 3.36. The molecule has 3 nitrogen and oxygen atoms in total. The monoisotopic (exact) mass is 329 g/mol. The van der Waals surface area contributed by atoms with Gasteiger partial charge in [0.25, 0.3) is 0 Å². The lowest BCUT2D eigenvalue weighted by molar-refractivity contribution is 0.628. The standard InChI is InChI=1S/C15H9BrFN3/c1-20-13-7-9(8-18)5-6-12(13)19-15(20)14-10(16)3-2-4-11(14)17/h2-7H,1H3. The van der Waals surface area contributed by atoms with Crippen molar-refractivity contribution in [3.8, 4) is 17.5 Å². The number of benzene rings is 2. The molecular weight excluding hydrogens is 321 g/mol. The highest BCUT2D eigenvalue weighted by Crippen LogP contribution is 2.32. The zero-order valence-corrected chi connectivity index (χ0v) is 12.1. The average Bonchev–Trinajstić information content (AvgIpc) is 2.76. The first-order valence-corrected chi connectivity index (χ1v) is 6.72. The molecule has 0 aliphatic heterocycles. The number of rotatable bonds is 1. The Labute approximate surface area is 123 Å². The lowest BCUT2D eigenvalue weighted by Gasteiger charge is -2.06. The number of imidazole rings is 1. The number of fused-ring (bicyclic) bond motifs is 1. The number of nitrogens with zero attached hydrogens (tertiary/aromatic N) is 3. The first-order valence-electron chi connectivity index (χ1n) is 5.93. The van der Waals surface area contributed by atoms with Crippen LogP contribution in [0.3, 0.4) is 0 Å². The van der Waals surface area contributed by atoms with Gasteiger partial charge in [0, 0.05) is 11.5 Å². The van der Waals surface area contributed by atoms with Gasteiger partial charge < -0.3 is 4.57 Å².